The number of rotatable bonds is 7. The van der Waals surface area contributed by atoms with Crippen molar-refractivity contribution in [2.24, 2.45) is 0 Å². The molecule has 130 valence electrons. The van der Waals surface area contributed by atoms with Gasteiger partial charge >= 0.3 is 6.18 Å². The number of alkyl halides is 3. The van der Waals surface area contributed by atoms with Crippen LogP contribution in [0.4, 0.5) is 24.0 Å². The molecule has 1 aromatic carbocycles. The molecular formula is C14H15F3N4OS2. The van der Waals surface area contributed by atoms with E-state index in [1.165, 1.54) is 29.5 Å². The Labute approximate surface area is 145 Å². The third-order valence-electron chi connectivity index (χ3n) is 2.77. The Morgan fingerprint density at radius 2 is 2.04 bits per heavy atom. The highest BCUT2D eigenvalue weighted by molar-refractivity contribution is 8.01. The first kappa shape index (κ1) is 18.5. The van der Waals surface area contributed by atoms with Crippen molar-refractivity contribution in [2.45, 2.75) is 23.9 Å². The van der Waals surface area contributed by atoms with Crippen LogP contribution in [0.1, 0.15) is 18.9 Å². The van der Waals surface area contributed by atoms with Crippen molar-refractivity contribution in [1.29, 1.82) is 0 Å². The summed E-state index contributed by atoms with van der Waals surface area (Å²) < 4.78 is 39.2. The SMILES string of the molecule is CCCNc1nnc(SCC(=O)Nc2ccccc2C(F)(F)F)s1. The summed E-state index contributed by atoms with van der Waals surface area (Å²) in [7, 11) is 0. The van der Waals surface area contributed by atoms with Gasteiger partial charge < -0.3 is 10.6 Å². The largest absolute Gasteiger partial charge is 0.418 e. The molecule has 0 aliphatic carbocycles. The first-order valence-corrected chi connectivity index (χ1v) is 8.86. The van der Waals surface area contributed by atoms with E-state index in [0.717, 1.165) is 30.8 Å². The van der Waals surface area contributed by atoms with Crippen molar-refractivity contribution in [2.75, 3.05) is 22.9 Å². The van der Waals surface area contributed by atoms with Crippen LogP contribution in [-0.4, -0.2) is 28.4 Å². The number of benzene rings is 1. The molecule has 2 aromatic rings. The van der Waals surface area contributed by atoms with Gasteiger partial charge in [0.25, 0.3) is 0 Å². The maximum Gasteiger partial charge on any atom is 0.418 e. The highest BCUT2D eigenvalue weighted by Crippen LogP contribution is 2.34. The van der Waals surface area contributed by atoms with Crippen LogP contribution in [0.15, 0.2) is 28.6 Å². The predicted molar refractivity (Wildman–Crippen MR) is 89.5 cm³/mol. The van der Waals surface area contributed by atoms with E-state index in [-0.39, 0.29) is 11.4 Å². The van der Waals surface area contributed by atoms with E-state index in [1.54, 1.807) is 0 Å². The molecule has 0 fully saturated rings. The fraction of sp³-hybridized carbons (Fsp3) is 0.357. The number of halogens is 3. The van der Waals surface area contributed by atoms with Crippen molar-refractivity contribution in [3.8, 4) is 0 Å². The Morgan fingerprint density at radius 3 is 2.75 bits per heavy atom. The van der Waals surface area contributed by atoms with Gasteiger partial charge in [-0.3, -0.25) is 4.79 Å². The minimum Gasteiger partial charge on any atom is -0.360 e. The van der Waals surface area contributed by atoms with Gasteiger partial charge in [-0.25, -0.2) is 0 Å². The van der Waals surface area contributed by atoms with Crippen LogP contribution < -0.4 is 10.6 Å². The van der Waals surface area contributed by atoms with E-state index >= 15 is 0 Å². The number of thioether (sulfide) groups is 1. The molecule has 1 aromatic heterocycles. The van der Waals surface area contributed by atoms with Crippen LogP contribution in [0.3, 0.4) is 0 Å². The zero-order valence-corrected chi connectivity index (χ0v) is 14.3. The summed E-state index contributed by atoms with van der Waals surface area (Å²) in [5, 5.41) is 13.8. The van der Waals surface area contributed by atoms with Crippen molar-refractivity contribution < 1.29 is 18.0 Å². The number of carbonyl (C=O) groups excluding carboxylic acids is 1. The molecule has 1 heterocycles. The average Bonchev–Trinajstić information content (AvgIpc) is 2.98. The van der Waals surface area contributed by atoms with Crippen molar-refractivity contribution in [3.63, 3.8) is 0 Å². The molecular weight excluding hydrogens is 361 g/mol. The molecule has 0 aliphatic heterocycles. The lowest BCUT2D eigenvalue weighted by Gasteiger charge is -2.13. The van der Waals surface area contributed by atoms with Crippen LogP contribution in [0.2, 0.25) is 0 Å². The maximum atomic E-state index is 12.9. The summed E-state index contributed by atoms with van der Waals surface area (Å²) in [5.41, 5.74) is -1.12. The number of para-hydroxylation sites is 1. The molecule has 2 rings (SSSR count). The molecule has 10 heteroatoms. The molecule has 2 N–H and O–H groups in total. The normalized spacial score (nSPS) is 11.3. The Hall–Kier alpha value is -1.81. The Morgan fingerprint density at radius 1 is 1.29 bits per heavy atom. The van der Waals surface area contributed by atoms with E-state index < -0.39 is 17.6 Å². The van der Waals surface area contributed by atoms with Gasteiger partial charge in [-0.1, -0.05) is 42.2 Å². The minimum atomic E-state index is -4.52. The lowest BCUT2D eigenvalue weighted by Crippen LogP contribution is -2.18. The quantitative estimate of drug-likeness (QED) is 0.712. The number of nitrogens with zero attached hydrogens (tertiary/aromatic N) is 2. The molecule has 1 amide bonds. The number of carbonyl (C=O) groups is 1. The standard InChI is InChI=1S/C14H15F3N4OS2/c1-2-7-18-12-20-21-13(24-12)23-8-11(22)19-10-6-4-3-5-9(10)14(15,16)17/h3-6H,2,7-8H2,1H3,(H,18,20)(H,19,22). The van der Waals surface area contributed by atoms with Crippen LogP contribution in [0.25, 0.3) is 0 Å². The number of amides is 1. The molecule has 0 atom stereocenters. The molecule has 0 aliphatic rings. The summed E-state index contributed by atoms with van der Waals surface area (Å²) in [6.07, 6.45) is -3.57. The van der Waals surface area contributed by atoms with Crippen LogP contribution in [-0.2, 0) is 11.0 Å². The maximum absolute atomic E-state index is 12.9. The lowest BCUT2D eigenvalue weighted by atomic mass is 10.1. The first-order chi connectivity index (χ1) is 11.4. The smallest absolute Gasteiger partial charge is 0.360 e. The Balaban J connectivity index is 1.91. The summed E-state index contributed by atoms with van der Waals surface area (Å²) in [4.78, 5) is 11.9. The van der Waals surface area contributed by atoms with E-state index in [0.29, 0.717) is 9.47 Å². The first-order valence-electron chi connectivity index (χ1n) is 7.06. The number of nitrogens with one attached hydrogen (secondary N) is 2. The number of hydrogen-bond acceptors (Lipinski definition) is 6. The monoisotopic (exact) mass is 376 g/mol. The molecule has 0 saturated carbocycles. The topological polar surface area (TPSA) is 66.9 Å². The Kier molecular flexibility index (Phi) is 6.44. The van der Waals surface area contributed by atoms with Gasteiger partial charge in [0.05, 0.1) is 17.0 Å². The molecule has 24 heavy (non-hydrogen) atoms. The fourth-order valence-electron chi connectivity index (χ4n) is 1.72. The van der Waals surface area contributed by atoms with Gasteiger partial charge in [-0.05, 0) is 18.6 Å². The van der Waals surface area contributed by atoms with Crippen molar-refractivity contribution >= 4 is 39.8 Å². The van der Waals surface area contributed by atoms with Gasteiger partial charge in [-0.15, -0.1) is 10.2 Å². The van der Waals surface area contributed by atoms with Crippen LogP contribution in [0, 0.1) is 0 Å². The highest BCUT2D eigenvalue weighted by atomic mass is 32.2. The minimum absolute atomic E-state index is 0.0470. The molecule has 0 unspecified atom stereocenters. The molecule has 0 saturated heterocycles. The summed E-state index contributed by atoms with van der Waals surface area (Å²) in [6, 6.07) is 4.87. The third kappa shape index (κ3) is 5.38. The van der Waals surface area contributed by atoms with Gasteiger partial charge in [0.2, 0.25) is 11.0 Å². The second-order valence-corrected chi connectivity index (χ2v) is 6.88. The summed E-state index contributed by atoms with van der Waals surface area (Å²) >= 11 is 2.43. The predicted octanol–water partition coefficient (Wildman–Crippen LogP) is 4.11. The summed E-state index contributed by atoms with van der Waals surface area (Å²) in [6.45, 7) is 2.79. The molecule has 0 spiro atoms. The second kappa shape index (κ2) is 8.34. The van der Waals surface area contributed by atoms with E-state index in [4.69, 9.17) is 0 Å². The van der Waals surface area contributed by atoms with E-state index in [1.807, 2.05) is 6.92 Å². The van der Waals surface area contributed by atoms with Crippen LogP contribution in [0.5, 0.6) is 0 Å². The molecule has 0 bridgehead atoms. The number of aromatic nitrogens is 2. The Bertz CT molecular complexity index is 691. The molecule has 5 nitrogen and oxygen atoms in total. The van der Waals surface area contributed by atoms with Gasteiger partial charge in [0, 0.05) is 6.54 Å². The van der Waals surface area contributed by atoms with Crippen molar-refractivity contribution in [3.05, 3.63) is 29.8 Å². The molecule has 0 radical (unpaired) electrons. The van der Waals surface area contributed by atoms with Gasteiger partial charge in [0.1, 0.15) is 0 Å². The third-order valence-corrected chi connectivity index (χ3v) is 4.78. The zero-order valence-electron chi connectivity index (χ0n) is 12.7. The number of anilines is 2. The fourth-order valence-corrected chi connectivity index (χ4v) is 3.30. The lowest BCUT2D eigenvalue weighted by molar-refractivity contribution is -0.137. The van der Waals surface area contributed by atoms with Gasteiger partial charge in [0.15, 0.2) is 4.34 Å². The van der Waals surface area contributed by atoms with E-state index in [2.05, 4.69) is 20.8 Å². The number of hydrogen-bond donors (Lipinski definition) is 2. The second-order valence-electron chi connectivity index (χ2n) is 4.68. The zero-order chi connectivity index (χ0) is 17.6. The summed E-state index contributed by atoms with van der Waals surface area (Å²) in [5.74, 6) is -0.579. The van der Waals surface area contributed by atoms with E-state index in [9.17, 15) is 18.0 Å². The van der Waals surface area contributed by atoms with Crippen LogP contribution >= 0.6 is 23.1 Å². The van der Waals surface area contributed by atoms with Gasteiger partial charge in [-0.2, -0.15) is 13.2 Å². The average molecular weight is 376 g/mol. The van der Waals surface area contributed by atoms with Crippen molar-refractivity contribution in [1.82, 2.24) is 10.2 Å². The highest BCUT2D eigenvalue weighted by Gasteiger charge is 2.33.